The monoisotopic (exact) mass is 222 g/mol. The van der Waals surface area contributed by atoms with Crippen molar-refractivity contribution < 1.29 is 9.90 Å². The molecule has 90 valence electrons. The molecular formula is C14H22O2. The molecule has 0 saturated heterocycles. The zero-order valence-corrected chi connectivity index (χ0v) is 10.5. The highest BCUT2D eigenvalue weighted by molar-refractivity contribution is 5.82. The maximum atomic E-state index is 12.0. The summed E-state index contributed by atoms with van der Waals surface area (Å²) >= 11 is 0. The predicted octanol–water partition coefficient (Wildman–Crippen LogP) is 2.40. The number of hydrogen-bond donors (Lipinski definition) is 1. The second-order valence-corrected chi connectivity index (χ2v) is 6.99. The van der Waals surface area contributed by atoms with E-state index >= 15 is 0 Å². The lowest BCUT2D eigenvalue weighted by Gasteiger charge is -2.30. The fraction of sp³-hybridized carbons (Fsp3) is 0.929. The van der Waals surface area contributed by atoms with E-state index in [2.05, 4.69) is 13.8 Å². The van der Waals surface area contributed by atoms with Crippen molar-refractivity contribution in [3.8, 4) is 0 Å². The summed E-state index contributed by atoms with van der Waals surface area (Å²) in [6, 6.07) is 0. The van der Waals surface area contributed by atoms with Gasteiger partial charge in [-0.05, 0) is 43.4 Å². The minimum Gasteiger partial charge on any atom is -0.390 e. The number of carbonyl (C=O) groups is 1. The smallest absolute Gasteiger partial charge is 0.136 e. The Kier molecular flexibility index (Phi) is 1.95. The van der Waals surface area contributed by atoms with Gasteiger partial charge >= 0.3 is 0 Å². The Labute approximate surface area is 97.4 Å². The lowest BCUT2D eigenvalue weighted by atomic mass is 9.79. The fourth-order valence-electron chi connectivity index (χ4n) is 4.76. The zero-order chi connectivity index (χ0) is 11.7. The topological polar surface area (TPSA) is 37.3 Å². The van der Waals surface area contributed by atoms with E-state index in [0.717, 1.165) is 25.7 Å². The Morgan fingerprint density at radius 3 is 2.56 bits per heavy atom. The summed E-state index contributed by atoms with van der Waals surface area (Å²) in [5, 5.41) is 10.5. The quantitative estimate of drug-likeness (QED) is 0.683. The van der Waals surface area contributed by atoms with E-state index in [1.807, 2.05) is 6.92 Å². The van der Waals surface area contributed by atoms with Gasteiger partial charge in [0.05, 0.1) is 5.60 Å². The molecule has 0 spiro atoms. The Bertz CT molecular complexity index is 343. The van der Waals surface area contributed by atoms with Crippen LogP contribution in [0.4, 0.5) is 0 Å². The maximum Gasteiger partial charge on any atom is 0.136 e. The lowest BCUT2D eigenvalue weighted by Crippen LogP contribution is -2.36. The average molecular weight is 222 g/mol. The van der Waals surface area contributed by atoms with Gasteiger partial charge in [0.1, 0.15) is 5.78 Å². The van der Waals surface area contributed by atoms with Crippen molar-refractivity contribution in [1.82, 2.24) is 0 Å². The first-order valence-electron chi connectivity index (χ1n) is 6.61. The molecule has 3 rings (SSSR count). The Hall–Kier alpha value is -0.370. The molecule has 2 heteroatoms. The van der Waals surface area contributed by atoms with Gasteiger partial charge in [-0.25, -0.2) is 0 Å². The number of Topliss-reactive ketones (excluding diaryl/α,β-unsaturated/α-hetero) is 1. The van der Waals surface area contributed by atoms with E-state index in [1.165, 1.54) is 0 Å². The van der Waals surface area contributed by atoms with Crippen molar-refractivity contribution in [2.45, 2.75) is 52.1 Å². The average Bonchev–Trinajstić information content (AvgIpc) is 2.61. The minimum absolute atomic E-state index is 0.159. The molecule has 0 aromatic rings. The van der Waals surface area contributed by atoms with Gasteiger partial charge in [0.15, 0.2) is 0 Å². The molecule has 3 fully saturated rings. The third kappa shape index (κ3) is 1.20. The number of hydrogen-bond acceptors (Lipinski definition) is 2. The summed E-state index contributed by atoms with van der Waals surface area (Å²) in [6.07, 6.45) is 3.53. The van der Waals surface area contributed by atoms with Crippen LogP contribution < -0.4 is 0 Å². The van der Waals surface area contributed by atoms with Crippen molar-refractivity contribution in [1.29, 1.82) is 0 Å². The van der Waals surface area contributed by atoms with Crippen molar-refractivity contribution in [3.05, 3.63) is 0 Å². The van der Waals surface area contributed by atoms with E-state index in [1.54, 1.807) is 0 Å². The second-order valence-electron chi connectivity index (χ2n) is 6.99. The van der Waals surface area contributed by atoms with Crippen LogP contribution >= 0.6 is 0 Å². The third-order valence-electron chi connectivity index (χ3n) is 5.75. The Morgan fingerprint density at radius 2 is 1.88 bits per heavy atom. The number of aliphatic hydroxyl groups is 1. The molecule has 1 N–H and O–H groups in total. The first kappa shape index (κ1) is 10.8. The van der Waals surface area contributed by atoms with E-state index in [-0.39, 0.29) is 11.8 Å². The largest absolute Gasteiger partial charge is 0.390 e. The van der Waals surface area contributed by atoms with Crippen LogP contribution in [0.3, 0.4) is 0 Å². The molecule has 5 atom stereocenters. The van der Waals surface area contributed by atoms with Crippen LogP contribution in [0.1, 0.15) is 46.5 Å². The van der Waals surface area contributed by atoms with Crippen LogP contribution in [0, 0.1) is 29.1 Å². The lowest BCUT2D eigenvalue weighted by molar-refractivity contribution is -0.125. The minimum atomic E-state index is -0.596. The van der Waals surface area contributed by atoms with E-state index in [4.69, 9.17) is 0 Å². The van der Waals surface area contributed by atoms with Gasteiger partial charge in [0.25, 0.3) is 0 Å². The predicted molar refractivity (Wildman–Crippen MR) is 61.8 cm³/mol. The van der Waals surface area contributed by atoms with Crippen LogP contribution in [-0.4, -0.2) is 16.5 Å². The molecule has 0 bridgehead atoms. The highest BCUT2D eigenvalue weighted by Crippen LogP contribution is 2.70. The number of fused-ring (bicyclic) bond motifs is 3. The van der Waals surface area contributed by atoms with E-state index in [0.29, 0.717) is 23.0 Å². The molecule has 0 aliphatic heterocycles. The Morgan fingerprint density at radius 1 is 1.19 bits per heavy atom. The molecule has 0 aromatic carbocycles. The summed E-state index contributed by atoms with van der Waals surface area (Å²) in [6.45, 7) is 6.56. The highest BCUT2D eigenvalue weighted by atomic mass is 16.3. The van der Waals surface area contributed by atoms with Crippen LogP contribution in [0.5, 0.6) is 0 Å². The van der Waals surface area contributed by atoms with Gasteiger partial charge in [0.2, 0.25) is 0 Å². The first-order chi connectivity index (χ1) is 7.36. The van der Waals surface area contributed by atoms with Crippen LogP contribution in [0.15, 0.2) is 0 Å². The molecule has 2 nitrogen and oxygen atoms in total. The third-order valence-corrected chi connectivity index (χ3v) is 5.75. The zero-order valence-electron chi connectivity index (χ0n) is 10.5. The molecular weight excluding hydrogens is 200 g/mol. The molecule has 3 aliphatic rings. The van der Waals surface area contributed by atoms with Gasteiger partial charge in [-0.1, -0.05) is 13.8 Å². The summed E-state index contributed by atoms with van der Waals surface area (Å²) in [4.78, 5) is 12.0. The standard InChI is InChI=1S/C14H22O2/c1-13(2)9-4-5-10(15)8-6-7-14(3,16)11(8)12(9)13/h8-9,11-12,16H,4-7H2,1-3H3/t8-,9+,11-,12+,14+/m1/s1. The van der Waals surface area contributed by atoms with Crippen molar-refractivity contribution in [3.63, 3.8) is 0 Å². The molecule has 0 heterocycles. The summed E-state index contributed by atoms with van der Waals surface area (Å²) < 4.78 is 0. The molecule has 16 heavy (non-hydrogen) atoms. The summed E-state index contributed by atoms with van der Waals surface area (Å²) in [7, 11) is 0. The molecule has 0 radical (unpaired) electrons. The summed E-state index contributed by atoms with van der Waals surface area (Å²) in [5.41, 5.74) is -0.237. The molecule has 0 unspecified atom stereocenters. The van der Waals surface area contributed by atoms with Gasteiger partial charge in [-0.3, -0.25) is 4.79 Å². The number of rotatable bonds is 0. The highest BCUT2D eigenvalue weighted by Gasteiger charge is 2.68. The SMILES string of the molecule is CC1(C)[C@@H]2[C@H]3[C@H](CC[C@]3(C)O)C(=O)CC[C@@H]21. The first-order valence-corrected chi connectivity index (χ1v) is 6.61. The van der Waals surface area contributed by atoms with Gasteiger partial charge < -0.3 is 5.11 Å². The van der Waals surface area contributed by atoms with Crippen molar-refractivity contribution in [2.75, 3.05) is 0 Å². The van der Waals surface area contributed by atoms with Crippen LogP contribution in [0.25, 0.3) is 0 Å². The molecule has 3 saturated carbocycles. The maximum absolute atomic E-state index is 12.0. The normalized spacial score (nSPS) is 54.1. The second kappa shape index (κ2) is 2.90. The molecule has 3 aliphatic carbocycles. The van der Waals surface area contributed by atoms with Crippen LogP contribution in [-0.2, 0) is 4.79 Å². The number of ketones is 1. The number of carbonyl (C=O) groups excluding carboxylic acids is 1. The van der Waals surface area contributed by atoms with Gasteiger partial charge in [-0.15, -0.1) is 0 Å². The van der Waals surface area contributed by atoms with E-state index in [9.17, 15) is 9.90 Å². The van der Waals surface area contributed by atoms with Gasteiger partial charge in [-0.2, -0.15) is 0 Å². The van der Waals surface area contributed by atoms with Crippen molar-refractivity contribution in [2.24, 2.45) is 29.1 Å². The van der Waals surface area contributed by atoms with Crippen LogP contribution in [0.2, 0.25) is 0 Å². The summed E-state index contributed by atoms with van der Waals surface area (Å²) in [5.74, 6) is 2.08. The van der Waals surface area contributed by atoms with Gasteiger partial charge in [0, 0.05) is 18.3 Å². The Balaban J connectivity index is 1.98. The van der Waals surface area contributed by atoms with Crippen molar-refractivity contribution >= 4 is 5.78 Å². The van der Waals surface area contributed by atoms with E-state index < -0.39 is 5.60 Å². The fourth-order valence-corrected chi connectivity index (χ4v) is 4.76. The molecule has 0 aromatic heterocycles. The molecule has 0 amide bonds.